The molecule has 18 heavy (non-hydrogen) atoms. The van der Waals surface area contributed by atoms with Gasteiger partial charge in [0.15, 0.2) is 0 Å². The Hall–Kier alpha value is -1.75. The molecule has 0 radical (unpaired) electrons. The lowest BCUT2D eigenvalue weighted by Gasteiger charge is -2.08. The molecule has 2 rings (SSSR count). The van der Waals surface area contributed by atoms with E-state index in [1.807, 2.05) is 38.2 Å². The fourth-order valence-corrected chi connectivity index (χ4v) is 2.20. The van der Waals surface area contributed by atoms with Crippen LogP contribution < -0.4 is 11.1 Å². The first-order valence-corrected chi connectivity index (χ1v) is 6.27. The molecule has 1 aromatic carbocycles. The minimum absolute atomic E-state index is 0.207. The lowest BCUT2D eigenvalue weighted by atomic mass is 10.3. The predicted octanol–water partition coefficient (Wildman–Crippen LogP) is 2.93. The van der Waals surface area contributed by atoms with Crippen LogP contribution in [0.2, 0.25) is 0 Å². The van der Waals surface area contributed by atoms with Crippen molar-refractivity contribution in [3.63, 3.8) is 0 Å². The molecule has 0 unspecified atom stereocenters. The maximum Gasteiger partial charge on any atom is 0.274 e. The molecule has 3 N–H and O–H groups in total. The summed E-state index contributed by atoms with van der Waals surface area (Å²) in [5, 5.41) is 2.82. The summed E-state index contributed by atoms with van der Waals surface area (Å²) in [7, 11) is 1.82. The van der Waals surface area contributed by atoms with Crippen molar-refractivity contribution in [3.05, 3.63) is 46.2 Å². The van der Waals surface area contributed by atoms with Crippen molar-refractivity contribution in [1.82, 2.24) is 4.57 Å². The first-order chi connectivity index (χ1) is 8.49. The Morgan fingerprint density at radius 1 is 1.39 bits per heavy atom. The summed E-state index contributed by atoms with van der Waals surface area (Å²) in [6.07, 6.45) is 0. The van der Waals surface area contributed by atoms with E-state index in [2.05, 4.69) is 21.2 Å². The summed E-state index contributed by atoms with van der Waals surface area (Å²) in [6, 6.07) is 9.21. The maximum absolute atomic E-state index is 12.2. The molecule has 0 atom stereocenters. The van der Waals surface area contributed by atoms with Gasteiger partial charge in [-0.1, -0.05) is 22.0 Å². The third-order valence-electron chi connectivity index (χ3n) is 2.80. The van der Waals surface area contributed by atoms with Crippen molar-refractivity contribution < 1.29 is 4.79 Å². The summed E-state index contributed by atoms with van der Waals surface area (Å²) in [6.45, 7) is 1.91. The van der Waals surface area contributed by atoms with Crippen molar-refractivity contribution >= 4 is 33.2 Å². The minimum atomic E-state index is -0.207. The van der Waals surface area contributed by atoms with Gasteiger partial charge >= 0.3 is 0 Å². The van der Waals surface area contributed by atoms with Gasteiger partial charge in [-0.3, -0.25) is 4.79 Å². The van der Waals surface area contributed by atoms with Gasteiger partial charge in [0, 0.05) is 22.9 Å². The molecule has 0 aliphatic rings. The van der Waals surface area contributed by atoms with Crippen LogP contribution >= 0.6 is 15.9 Å². The molecule has 4 nitrogen and oxygen atoms in total. The number of anilines is 2. The van der Waals surface area contributed by atoms with Gasteiger partial charge in [-0.15, -0.1) is 0 Å². The van der Waals surface area contributed by atoms with Crippen LogP contribution in [-0.4, -0.2) is 10.5 Å². The molecule has 1 aromatic heterocycles. The standard InChI is InChI=1S/C13H14BrN3O/c1-8-6-11(15)12(17(8)2)13(18)16-10-5-3-4-9(14)7-10/h3-7H,15H2,1-2H3,(H,16,18). The lowest BCUT2D eigenvalue weighted by molar-refractivity contribution is 0.102. The Balaban J connectivity index is 2.27. The highest BCUT2D eigenvalue weighted by atomic mass is 79.9. The molecule has 0 aliphatic heterocycles. The molecule has 94 valence electrons. The van der Waals surface area contributed by atoms with Crippen LogP contribution in [0.5, 0.6) is 0 Å². The number of nitrogens with one attached hydrogen (secondary N) is 1. The van der Waals surface area contributed by atoms with Gasteiger partial charge in [0.05, 0.1) is 5.69 Å². The minimum Gasteiger partial charge on any atom is -0.397 e. The summed E-state index contributed by atoms with van der Waals surface area (Å²) < 4.78 is 2.69. The Bertz CT molecular complexity index is 604. The lowest BCUT2D eigenvalue weighted by Crippen LogP contribution is -2.17. The highest BCUT2D eigenvalue weighted by Crippen LogP contribution is 2.20. The number of nitrogen functional groups attached to an aromatic ring is 1. The normalized spacial score (nSPS) is 10.4. The zero-order chi connectivity index (χ0) is 13.3. The second-order valence-corrected chi connectivity index (χ2v) is 5.03. The number of aryl methyl sites for hydroxylation is 1. The third-order valence-corrected chi connectivity index (χ3v) is 3.29. The molecular weight excluding hydrogens is 294 g/mol. The average molecular weight is 308 g/mol. The number of carbonyl (C=O) groups excluding carboxylic acids is 1. The van der Waals surface area contributed by atoms with E-state index in [1.165, 1.54) is 0 Å². The zero-order valence-corrected chi connectivity index (χ0v) is 11.8. The second kappa shape index (κ2) is 4.86. The Morgan fingerprint density at radius 2 is 2.11 bits per heavy atom. The maximum atomic E-state index is 12.2. The summed E-state index contributed by atoms with van der Waals surface area (Å²) in [5.74, 6) is -0.207. The number of hydrogen-bond acceptors (Lipinski definition) is 2. The summed E-state index contributed by atoms with van der Waals surface area (Å²) >= 11 is 3.36. The van der Waals surface area contributed by atoms with Crippen LogP contribution in [0.15, 0.2) is 34.8 Å². The van der Waals surface area contributed by atoms with Crippen LogP contribution in [-0.2, 0) is 7.05 Å². The average Bonchev–Trinajstić information content (AvgIpc) is 2.53. The molecule has 0 saturated heterocycles. The van der Waals surface area contributed by atoms with Crippen LogP contribution in [0.4, 0.5) is 11.4 Å². The van der Waals surface area contributed by atoms with Crippen molar-refractivity contribution in [1.29, 1.82) is 0 Å². The second-order valence-electron chi connectivity index (χ2n) is 4.11. The zero-order valence-electron chi connectivity index (χ0n) is 10.2. The van der Waals surface area contributed by atoms with Gasteiger partial charge in [-0.05, 0) is 31.2 Å². The van der Waals surface area contributed by atoms with E-state index in [-0.39, 0.29) is 5.91 Å². The van der Waals surface area contributed by atoms with Gasteiger partial charge in [0.2, 0.25) is 0 Å². The molecule has 0 spiro atoms. The smallest absolute Gasteiger partial charge is 0.274 e. The van der Waals surface area contributed by atoms with E-state index in [9.17, 15) is 4.79 Å². The van der Waals surface area contributed by atoms with E-state index in [4.69, 9.17) is 5.73 Å². The van der Waals surface area contributed by atoms with E-state index in [0.717, 1.165) is 15.9 Å². The molecule has 0 saturated carbocycles. The number of benzene rings is 1. The Kier molecular flexibility index (Phi) is 3.43. The number of rotatable bonds is 2. The fraction of sp³-hybridized carbons (Fsp3) is 0.154. The monoisotopic (exact) mass is 307 g/mol. The Labute approximate surface area is 114 Å². The molecular formula is C13H14BrN3O. The van der Waals surface area contributed by atoms with Gasteiger partial charge in [0.25, 0.3) is 5.91 Å². The molecule has 5 heteroatoms. The van der Waals surface area contributed by atoms with Crippen LogP contribution in [0.1, 0.15) is 16.2 Å². The number of nitrogens with zero attached hydrogens (tertiary/aromatic N) is 1. The van der Waals surface area contributed by atoms with E-state index in [0.29, 0.717) is 11.4 Å². The van der Waals surface area contributed by atoms with E-state index < -0.39 is 0 Å². The highest BCUT2D eigenvalue weighted by molar-refractivity contribution is 9.10. The van der Waals surface area contributed by atoms with Crippen molar-refractivity contribution in [2.45, 2.75) is 6.92 Å². The third kappa shape index (κ3) is 2.41. The fourth-order valence-electron chi connectivity index (χ4n) is 1.80. The first kappa shape index (κ1) is 12.7. The SMILES string of the molecule is Cc1cc(N)c(C(=O)Nc2cccc(Br)c2)n1C. The molecule has 0 aliphatic carbocycles. The number of amides is 1. The number of aromatic nitrogens is 1. The number of halogens is 1. The van der Waals surface area contributed by atoms with Gasteiger partial charge < -0.3 is 15.6 Å². The summed E-state index contributed by atoms with van der Waals surface area (Å²) in [4.78, 5) is 12.2. The predicted molar refractivity (Wildman–Crippen MR) is 76.7 cm³/mol. The number of hydrogen-bond donors (Lipinski definition) is 2. The van der Waals surface area contributed by atoms with Crippen LogP contribution in [0.25, 0.3) is 0 Å². The molecule has 1 amide bonds. The Morgan fingerprint density at radius 3 is 2.67 bits per heavy atom. The number of carbonyl (C=O) groups is 1. The van der Waals surface area contributed by atoms with Crippen molar-refractivity contribution in [3.8, 4) is 0 Å². The van der Waals surface area contributed by atoms with Crippen LogP contribution in [0, 0.1) is 6.92 Å². The van der Waals surface area contributed by atoms with Gasteiger partial charge in [0.1, 0.15) is 5.69 Å². The first-order valence-electron chi connectivity index (χ1n) is 5.47. The topological polar surface area (TPSA) is 60.1 Å². The highest BCUT2D eigenvalue weighted by Gasteiger charge is 2.15. The summed E-state index contributed by atoms with van der Waals surface area (Å²) in [5.41, 5.74) is 8.48. The molecule has 2 aromatic rings. The number of nitrogens with two attached hydrogens (primary N) is 1. The molecule has 1 heterocycles. The molecule has 0 bridgehead atoms. The molecule has 0 fully saturated rings. The largest absolute Gasteiger partial charge is 0.397 e. The van der Waals surface area contributed by atoms with Crippen LogP contribution in [0.3, 0.4) is 0 Å². The van der Waals surface area contributed by atoms with E-state index in [1.54, 1.807) is 10.6 Å². The van der Waals surface area contributed by atoms with Crippen molar-refractivity contribution in [2.75, 3.05) is 11.1 Å². The van der Waals surface area contributed by atoms with Gasteiger partial charge in [-0.25, -0.2) is 0 Å². The van der Waals surface area contributed by atoms with Gasteiger partial charge in [-0.2, -0.15) is 0 Å². The van der Waals surface area contributed by atoms with E-state index >= 15 is 0 Å². The quantitative estimate of drug-likeness (QED) is 0.896. The van der Waals surface area contributed by atoms with Crippen molar-refractivity contribution in [2.24, 2.45) is 7.05 Å².